The average Bonchev–Trinajstić information content (AvgIpc) is 3.49. The second-order valence-electron chi connectivity index (χ2n) is 11.9. The highest BCUT2D eigenvalue weighted by atomic mass is 32.2. The summed E-state index contributed by atoms with van der Waals surface area (Å²) >= 11 is 1.22. The summed E-state index contributed by atoms with van der Waals surface area (Å²) in [5, 5.41) is 6.09. The minimum atomic E-state index is -3.25. The van der Waals surface area contributed by atoms with E-state index in [0.29, 0.717) is 9.77 Å². The third kappa shape index (κ3) is 11.5. The van der Waals surface area contributed by atoms with E-state index in [1.54, 1.807) is 37.6 Å². The van der Waals surface area contributed by atoms with Crippen LogP contribution in [-0.4, -0.2) is 35.8 Å². The largest absolute Gasteiger partial charge is 0.460 e. The van der Waals surface area contributed by atoms with Crippen molar-refractivity contribution in [2.45, 2.75) is 84.2 Å². The van der Waals surface area contributed by atoms with E-state index in [0.717, 1.165) is 16.7 Å². The van der Waals surface area contributed by atoms with Crippen LogP contribution in [0.4, 0.5) is 0 Å². The first-order chi connectivity index (χ1) is 20.5. The van der Waals surface area contributed by atoms with E-state index in [1.807, 2.05) is 109 Å². The highest BCUT2D eigenvalue weighted by Gasteiger charge is 2.18. The maximum atomic E-state index is 12.9. The van der Waals surface area contributed by atoms with Crippen molar-refractivity contribution in [2.24, 2.45) is 5.92 Å². The van der Waals surface area contributed by atoms with Gasteiger partial charge in [0.2, 0.25) is 10.0 Å². The van der Waals surface area contributed by atoms with Crippen molar-refractivity contribution in [2.75, 3.05) is 0 Å². The third-order valence-corrected chi connectivity index (χ3v) is 8.72. The fourth-order valence-electron chi connectivity index (χ4n) is 3.76. The monoisotopic (exact) mass is 639 g/mol. The van der Waals surface area contributed by atoms with Crippen molar-refractivity contribution in [3.05, 3.63) is 94.7 Å². The topological polar surface area (TPSA) is 107 Å². The van der Waals surface area contributed by atoms with Crippen LogP contribution in [0.2, 0.25) is 0 Å². The van der Waals surface area contributed by atoms with Crippen LogP contribution in [0.5, 0.6) is 0 Å². The molecule has 44 heavy (non-hydrogen) atoms. The summed E-state index contributed by atoms with van der Waals surface area (Å²) in [7, 11) is -3.25. The molecule has 2 heterocycles. The Balaban J connectivity index is 0.000000260. The molecule has 2 aromatic heterocycles. The normalized spacial score (nSPS) is 11.5. The summed E-state index contributed by atoms with van der Waals surface area (Å²) in [5.74, 6) is -0.160. The van der Waals surface area contributed by atoms with Crippen LogP contribution >= 0.6 is 11.3 Å². The molecule has 0 aliphatic rings. The molecule has 2 aromatic carbocycles. The quantitative estimate of drug-likeness (QED) is 0.209. The summed E-state index contributed by atoms with van der Waals surface area (Å²) in [6.45, 7) is 16.8. The van der Waals surface area contributed by atoms with Gasteiger partial charge in [-0.3, -0.25) is 9.59 Å². The number of carbonyl (C=O) groups excluding carboxylic acids is 1. The molecule has 4 aromatic rings. The zero-order valence-electron chi connectivity index (χ0n) is 27.1. The molecule has 0 unspecified atom stereocenters. The Morgan fingerprint density at radius 2 is 1.41 bits per heavy atom. The fraction of sp³-hybridized carbons (Fsp3) is 0.382. The van der Waals surface area contributed by atoms with Gasteiger partial charge in [-0.25, -0.2) is 17.8 Å². The van der Waals surface area contributed by atoms with Gasteiger partial charge in [-0.15, -0.1) is 11.3 Å². The van der Waals surface area contributed by atoms with Crippen molar-refractivity contribution in [1.82, 2.24) is 14.5 Å². The molecule has 4 rings (SSSR count). The molecule has 0 fully saturated rings. The number of hydrogen-bond acceptors (Lipinski definition) is 7. The number of benzene rings is 2. The molecule has 0 radical (unpaired) electrons. The Labute approximate surface area is 266 Å². The molecule has 0 spiro atoms. The lowest BCUT2D eigenvalue weighted by molar-refractivity contribution is -0.158. The highest BCUT2D eigenvalue weighted by molar-refractivity contribution is 7.91. The average molecular weight is 640 g/mol. The number of carbonyl (C=O) groups is 1. The molecule has 10 heteroatoms. The number of ether oxygens (including phenoxy) is 1. The van der Waals surface area contributed by atoms with Gasteiger partial charge in [0.15, 0.2) is 0 Å². The molecule has 0 saturated heterocycles. The van der Waals surface area contributed by atoms with Crippen LogP contribution in [-0.2, 0) is 19.6 Å². The van der Waals surface area contributed by atoms with Crippen LogP contribution < -0.4 is 10.3 Å². The van der Waals surface area contributed by atoms with Crippen molar-refractivity contribution >= 4 is 27.3 Å². The van der Waals surface area contributed by atoms with E-state index in [9.17, 15) is 18.0 Å². The molecule has 8 nitrogen and oxygen atoms in total. The number of nitrogens with zero attached hydrogens (tertiary/aromatic N) is 2. The lowest BCUT2D eigenvalue weighted by Crippen LogP contribution is -2.29. The Bertz CT molecular complexity index is 1610. The SMILES string of the molecule is CC(C)C(=O)OC(C)(C)C.CC(C)NS(=O)(=O)c1cccs1.CC(C)n1ncc(-c2ccccc2)c(-c2ccccc2)c1=O. The summed E-state index contributed by atoms with van der Waals surface area (Å²) < 4.78 is 32.3. The molecule has 0 saturated carbocycles. The van der Waals surface area contributed by atoms with Crippen LogP contribution in [0.15, 0.2) is 93.4 Å². The second kappa shape index (κ2) is 16.5. The predicted octanol–water partition coefficient (Wildman–Crippen LogP) is 7.58. The minimum absolute atomic E-state index is 0.0276. The van der Waals surface area contributed by atoms with Gasteiger partial charge in [0.1, 0.15) is 9.81 Å². The van der Waals surface area contributed by atoms with E-state index >= 15 is 0 Å². The van der Waals surface area contributed by atoms with Crippen LogP contribution in [0.25, 0.3) is 22.3 Å². The molecular formula is C34H45N3O5S2. The van der Waals surface area contributed by atoms with Crippen molar-refractivity contribution in [1.29, 1.82) is 0 Å². The first-order valence-electron chi connectivity index (χ1n) is 14.5. The van der Waals surface area contributed by atoms with Gasteiger partial charge in [0, 0.05) is 11.6 Å². The molecule has 1 N–H and O–H groups in total. The smallest absolute Gasteiger partial charge is 0.308 e. The van der Waals surface area contributed by atoms with E-state index in [2.05, 4.69) is 9.82 Å². The Hall–Kier alpha value is -3.60. The standard InChI is InChI=1S/C19H18N2O.C8H16O2.C7H11NO2S2/c1-14(2)21-19(22)18(16-11-7-4-8-12-16)17(13-20-21)15-9-5-3-6-10-15;1-6(2)7(9)10-8(3,4)5;1-6(2)8-12(9,10)7-4-3-5-11-7/h3-14H,1-2H3;6H,1-5H3;3-6,8H,1-2H3. The zero-order valence-corrected chi connectivity index (χ0v) is 28.7. The second-order valence-corrected chi connectivity index (χ2v) is 14.8. The zero-order chi connectivity index (χ0) is 33.1. The third-order valence-electron chi connectivity index (χ3n) is 5.67. The van der Waals surface area contributed by atoms with Crippen molar-refractivity contribution in [3.8, 4) is 22.3 Å². The Morgan fingerprint density at radius 1 is 0.864 bits per heavy atom. The fourth-order valence-corrected chi connectivity index (χ4v) is 6.02. The van der Waals surface area contributed by atoms with Gasteiger partial charge in [0.25, 0.3) is 5.56 Å². The van der Waals surface area contributed by atoms with Gasteiger partial charge in [-0.05, 0) is 71.0 Å². The molecule has 0 bridgehead atoms. The molecule has 0 amide bonds. The number of hydrogen-bond donors (Lipinski definition) is 1. The summed E-state index contributed by atoms with van der Waals surface area (Å²) in [6, 6.07) is 23.0. The lowest BCUT2D eigenvalue weighted by Gasteiger charge is -2.20. The molecule has 0 atom stereocenters. The number of esters is 1. The van der Waals surface area contributed by atoms with Gasteiger partial charge in [-0.2, -0.15) is 5.10 Å². The predicted molar refractivity (Wildman–Crippen MR) is 180 cm³/mol. The van der Waals surface area contributed by atoms with Crippen LogP contribution in [0.3, 0.4) is 0 Å². The lowest BCUT2D eigenvalue weighted by atomic mass is 9.97. The van der Waals surface area contributed by atoms with Gasteiger partial charge in [-0.1, -0.05) is 80.6 Å². The number of aromatic nitrogens is 2. The van der Waals surface area contributed by atoms with Gasteiger partial charge < -0.3 is 4.74 Å². The highest BCUT2D eigenvalue weighted by Crippen LogP contribution is 2.28. The number of sulfonamides is 1. The molecule has 0 aliphatic carbocycles. The molecular weight excluding hydrogens is 595 g/mol. The van der Waals surface area contributed by atoms with Crippen LogP contribution in [0, 0.1) is 5.92 Å². The van der Waals surface area contributed by atoms with Gasteiger partial charge >= 0.3 is 5.97 Å². The minimum Gasteiger partial charge on any atom is -0.460 e. The van der Waals surface area contributed by atoms with Gasteiger partial charge in [0.05, 0.1) is 23.7 Å². The Kier molecular flexibility index (Phi) is 13.7. The van der Waals surface area contributed by atoms with E-state index in [-0.39, 0.29) is 35.1 Å². The summed E-state index contributed by atoms with van der Waals surface area (Å²) in [4.78, 5) is 23.8. The summed E-state index contributed by atoms with van der Waals surface area (Å²) in [5.41, 5.74) is 3.10. The first-order valence-corrected chi connectivity index (χ1v) is 16.9. The Morgan fingerprint density at radius 3 is 1.82 bits per heavy atom. The maximum absolute atomic E-state index is 12.9. The molecule has 238 valence electrons. The summed E-state index contributed by atoms with van der Waals surface area (Å²) in [6.07, 6.45) is 1.79. The number of nitrogens with one attached hydrogen (secondary N) is 1. The van der Waals surface area contributed by atoms with E-state index < -0.39 is 10.0 Å². The number of thiophene rings is 1. The molecule has 0 aliphatic heterocycles. The maximum Gasteiger partial charge on any atom is 0.308 e. The first kappa shape index (κ1) is 36.6. The van der Waals surface area contributed by atoms with E-state index in [4.69, 9.17) is 4.74 Å². The van der Waals surface area contributed by atoms with Crippen molar-refractivity contribution in [3.63, 3.8) is 0 Å². The van der Waals surface area contributed by atoms with E-state index in [1.165, 1.54) is 16.0 Å². The van der Waals surface area contributed by atoms with Crippen molar-refractivity contribution < 1.29 is 17.9 Å². The van der Waals surface area contributed by atoms with Crippen LogP contribution in [0.1, 0.15) is 68.4 Å². The number of rotatable bonds is 7.